The number of nitrogens with two attached hydrogens (primary N) is 1. The van der Waals surface area contributed by atoms with Crippen molar-refractivity contribution in [1.82, 2.24) is 10.3 Å². The summed E-state index contributed by atoms with van der Waals surface area (Å²) in [5.41, 5.74) is 7.36. The summed E-state index contributed by atoms with van der Waals surface area (Å²) in [5.74, 6) is 0.506. The number of hydrogen-bond donors (Lipinski definition) is 2. The number of aromatic nitrogens is 1. The van der Waals surface area contributed by atoms with Crippen molar-refractivity contribution in [3.8, 4) is 0 Å². The normalized spacial score (nSPS) is 21.2. The molecule has 0 aliphatic heterocycles. The Morgan fingerprint density at radius 1 is 1.19 bits per heavy atom. The number of nitrogens with zero attached hydrogens (tertiary/aromatic N) is 1. The molecule has 1 aromatic heterocycles. The molecule has 3 rings (SSSR count). The van der Waals surface area contributed by atoms with Crippen molar-refractivity contribution >= 4 is 5.91 Å². The maximum Gasteiger partial charge on any atom is 0.224 e. The lowest BCUT2D eigenvalue weighted by Gasteiger charge is -2.33. The number of carbonyl (C=O) groups is 1. The first-order valence-corrected chi connectivity index (χ1v) is 9.30. The minimum atomic E-state index is -0.323. The minimum absolute atomic E-state index is 0.104. The highest BCUT2D eigenvalue weighted by Gasteiger charge is 2.30. The van der Waals surface area contributed by atoms with Crippen molar-refractivity contribution in [2.45, 2.75) is 38.1 Å². The monoisotopic (exact) mass is 355 g/mol. The molecule has 0 spiro atoms. The Hall–Kier alpha value is -2.27. The van der Waals surface area contributed by atoms with Crippen LogP contribution in [0, 0.1) is 17.7 Å². The first-order valence-electron chi connectivity index (χ1n) is 9.30. The van der Waals surface area contributed by atoms with Crippen LogP contribution in [0.2, 0.25) is 0 Å². The van der Waals surface area contributed by atoms with Crippen LogP contribution in [-0.2, 0) is 11.2 Å². The second-order valence-corrected chi connectivity index (χ2v) is 7.12. The average molecular weight is 355 g/mol. The molecular weight excluding hydrogens is 329 g/mol. The maximum atomic E-state index is 13.4. The van der Waals surface area contributed by atoms with E-state index in [9.17, 15) is 9.18 Å². The Morgan fingerprint density at radius 2 is 2.00 bits per heavy atom. The summed E-state index contributed by atoms with van der Waals surface area (Å²) in [5, 5.41) is 3.15. The molecule has 0 radical (unpaired) electrons. The molecular formula is C21H26FN3O. The van der Waals surface area contributed by atoms with Gasteiger partial charge in [0.2, 0.25) is 5.91 Å². The lowest BCUT2D eigenvalue weighted by molar-refractivity contribution is -0.121. The molecule has 1 amide bonds. The zero-order valence-corrected chi connectivity index (χ0v) is 14.9. The standard InChI is InChI=1S/C21H26FN3O/c22-18-5-3-4-16(12-18)13-20(26)25-21(19-6-1-2-11-24-19)17-9-7-15(14-23)8-10-17/h1-6,11-12,15,17,21H,7-10,13-14,23H2,(H,25,26)/t15?,17?,21-/m1/s1. The molecule has 0 unspecified atom stereocenters. The zero-order valence-electron chi connectivity index (χ0n) is 14.9. The third-order valence-corrected chi connectivity index (χ3v) is 5.27. The van der Waals surface area contributed by atoms with E-state index < -0.39 is 0 Å². The Morgan fingerprint density at radius 3 is 2.65 bits per heavy atom. The fraction of sp³-hybridized carbons (Fsp3) is 0.429. The second kappa shape index (κ2) is 8.90. The number of amides is 1. The van der Waals surface area contributed by atoms with Crippen LogP contribution in [0.1, 0.15) is 43.0 Å². The van der Waals surface area contributed by atoms with E-state index in [0.717, 1.165) is 37.9 Å². The van der Waals surface area contributed by atoms with E-state index in [1.807, 2.05) is 18.2 Å². The first kappa shape index (κ1) is 18.5. The molecule has 0 saturated heterocycles. The van der Waals surface area contributed by atoms with Gasteiger partial charge < -0.3 is 11.1 Å². The van der Waals surface area contributed by atoms with E-state index in [0.29, 0.717) is 17.4 Å². The summed E-state index contributed by atoms with van der Waals surface area (Å²) in [6, 6.07) is 11.8. The second-order valence-electron chi connectivity index (χ2n) is 7.12. The number of pyridine rings is 1. The molecule has 1 aliphatic rings. The SMILES string of the molecule is NCC1CCC([C@@H](NC(=O)Cc2cccc(F)c2)c2ccccn2)CC1. The van der Waals surface area contributed by atoms with Gasteiger partial charge in [-0.2, -0.15) is 0 Å². The molecule has 1 atom stereocenters. The number of benzene rings is 1. The molecule has 1 fully saturated rings. The third-order valence-electron chi connectivity index (χ3n) is 5.27. The van der Waals surface area contributed by atoms with E-state index in [2.05, 4.69) is 10.3 Å². The molecule has 1 saturated carbocycles. The Balaban J connectivity index is 1.70. The molecule has 2 aromatic rings. The summed E-state index contributed by atoms with van der Waals surface area (Å²) >= 11 is 0. The van der Waals surface area contributed by atoms with Crippen LogP contribution in [0.15, 0.2) is 48.7 Å². The van der Waals surface area contributed by atoms with Gasteiger partial charge in [-0.05, 0) is 73.9 Å². The number of halogens is 1. The number of hydrogen-bond acceptors (Lipinski definition) is 3. The summed E-state index contributed by atoms with van der Waals surface area (Å²) in [4.78, 5) is 17.1. The summed E-state index contributed by atoms with van der Waals surface area (Å²) in [6.07, 6.45) is 6.16. The molecule has 0 bridgehead atoms. The van der Waals surface area contributed by atoms with Crippen LogP contribution in [0.3, 0.4) is 0 Å². The number of nitrogens with one attached hydrogen (secondary N) is 1. The quantitative estimate of drug-likeness (QED) is 0.835. The smallest absolute Gasteiger partial charge is 0.224 e. The van der Waals surface area contributed by atoms with Crippen molar-refractivity contribution in [2.24, 2.45) is 17.6 Å². The molecule has 5 heteroatoms. The van der Waals surface area contributed by atoms with Gasteiger partial charge in [0.25, 0.3) is 0 Å². The van der Waals surface area contributed by atoms with Crippen LogP contribution in [0.5, 0.6) is 0 Å². The number of carbonyl (C=O) groups excluding carboxylic acids is 1. The zero-order chi connectivity index (χ0) is 18.4. The van der Waals surface area contributed by atoms with Crippen molar-refractivity contribution < 1.29 is 9.18 Å². The van der Waals surface area contributed by atoms with Crippen LogP contribution >= 0.6 is 0 Å². The Labute approximate surface area is 154 Å². The van der Waals surface area contributed by atoms with Crippen LogP contribution in [0.4, 0.5) is 4.39 Å². The highest BCUT2D eigenvalue weighted by Crippen LogP contribution is 2.36. The van der Waals surface area contributed by atoms with E-state index in [1.54, 1.807) is 18.3 Å². The molecule has 3 N–H and O–H groups in total. The minimum Gasteiger partial charge on any atom is -0.347 e. The predicted octanol–water partition coefficient (Wildman–Crippen LogP) is 3.39. The fourth-order valence-corrected chi connectivity index (χ4v) is 3.81. The number of rotatable bonds is 6. The van der Waals surface area contributed by atoms with Gasteiger partial charge in [0, 0.05) is 6.20 Å². The van der Waals surface area contributed by atoms with E-state index in [-0.39, 0.29) is 24.2 Å². The molecule has 138 valence electrons. The molecule has 1 aromatic carbocycles. The summed E-state index contributed by atoms with van der Waals surface area (Å²) in [7, 11) is 0. The highest BCUT2D eigenvalue weighted by molar-refractivity contribution is 5.79. The molecule has 1 heterocycles. The Bertz CT molecular complexity index is 714. The van der Waals surface area contributed by atoms with Gasteiger partial charge in [0.05, 0.1) is 18.2 Å². The topological polar surface area (TPSA) is 68.0 Å². The third kappa shape index (κ3) is 4.88. The van der Waals surface area contributed by atoms with Crippen LogP contribution < -0.4 is 11.1 Å². The van der Waals surface area contributed by atoms with Crippen LogP contribution in [0.25, 0.3) is 0 Å². The van der Waals surface area contributed by atoms with Gasteiger partial charge in [-0.25, -0.2) is 4.39 Å². The van der Waals surface area contributed by atoms with E-state index in [4.69, 9.17) is 5.73 Å². The first-order chi connectivity index (χ1) is 12.7. The van der Waals surface area contributed by atoms with Gasteiger partial charge >= 0.3 is 0 Å². The Kier molecular flexibility index (Phi) is 6.34. The van der Waals surface area contributed by atoms with Crippen molar-refractivity contribution in [2.75, 3.05) is 6.54 Å². The fourth-order valence-electron chi connectivity index (χ4n) is 3.81. The lowest BCUT2D eigenvalue weighted by Crippen LogP contribution is -2.37. The summed E-state index contributed by atoms with van der Waals surface area (Å²) in [6.45, 7) is 0.729. The molecule has 4 nitrogen and oxygen atoms in total. The van der Waals surface area contributed by atoms with Crippen molar-refractivity contribution in [3.63, 3.8) is 0 Å². The highest BCUT2D eigenvalue weighted by atomic mass is 19.1. The van der Waals surface area contributed by atoms with Gasteiger partial charge in [0.1, 0.15) is 5.82 Å². The van der Waals surface area contributed by atoms with Gasteiger partial charge in [0.15, 0.2) is 0 Å². The predicted molar refractivity (Wildman–Crippen MR) is 99.7 cm³/mol. The van der Waals surface area contributed by atoms with Gasteiger partial charge in [-0.3, -0.25) is 9.78 Å². The van der Waals surface area contributed by atoms with Gasteiger partial charge in [-0.15, -0.1) is 0 Å². The van der Waals surface area contributed by atoms with Gasteiger partial charge in [-0.1, -0.05) is 18.2 Å². The largest absolute Gasteiger partial charge is 0.347 e. The van der Waals surface area contributed by atoms with Crippen molar-refractivity contribution in [3.05, 3.63) is 65.7 Å². The lowest BCUT2D eigenvalue weighted by atomic mass is 9.77. The molecule has 26 heavy (non-hydrogen) atoms. The maximum absolute atomic E-state index is 13.4. The van der Waals surface area contributed by atoms with Crippen LogP contribution in [-0.4, -0.2) is 17.4 Å². The van der Waals surface area contributed by atoms with Crippen molar-refractivity contribution in [1.29, 1.82) is 0 Å². The summed E-state index contributed by atoms with van der Waals surface area (Å²) < 4.78 is 13.4. The average Bonchev–Trinajstić information content (AvgIpc) is 2.67. The van der Waals surface area contributed by atoms with E-state index >= 15 is 0 Å². The molecule has 1 aliphatic carbocycles. The van der Waals surface area contributed by atoms with E-state index in [1.165, 1.54) is 12.1 Å².